The molecule has 0 saturated heterocycles. The monoisotopic (exact) mass is 755 g/mol. The second-order valence-corrected chi connectivity index (χ2v) is 17.9. The van der Waals surface area contributed by atoms with Crippen LogP contribution in [0.1, 0.15) is 71.2 Å². The van der Waals surface area contributed by atoms with Crippen molar-refractivity contribution in [3.05, 3.63) is 184 Å². The molecule has 0 N–H and O–H groups in total. The number of aromatic nitrogens is 1. The van der Waals surface area contributed by atoms with Crippen LogP contribution in [0.2, 0.25) is 0 Å². The maximum Gasteiger partial charge on any atom is 0.0747 e. The van der Waals surface area contributed by atoms with E-state index in [9.17, 15) is 0 Å². The van der Waals surface area contributed by atoms with Crippen molar-refractivity contribution in [1.82, 2.24) is 4.98 Å². The zero-order valence-electron chi connectivity index (χ0n) is 31.6. The average molecular weight is 756 g/mol. The van der Waals surface area contributed by atoms with Gasteiger partial charge in [0.15, 0.2) is 0 Å². The van der Waals surface area contributed by atoms with E-state index in [1.807, 2.05) is 22.7 Å². The van der Waals surface area contributed by atoms with E-state index in [0.717, 1.165) is 30.5 Å². The van der Waals surface area contributed by atoms with Gasteiger partial charge >= 0.3 is 0 Å². The Hall–Kier alpha value is -5.61. The van der Waals surface area contributed by atoms with Gasteiger partial charge in [-0.1, -0.05) is 148 Å². The quantitative estimate of drug-likeness (QED) is 0.170. The van der Waals surface area contributed by atoms with E-state index in [1.54, 1.807) is 0 Å². The first kappa shape index (κ1) is 33.7. The summed E-state index contributed by atoms with van der Waals surface area (Å²) < 4.78 is 4.02. The van der Waals surface area contributed by atoms with Crippen LogP contribution in [0.4, 0.5) is 0 Å². The van der Waals surface area contributed by atoms with Crippen LogP contribution in [-0.2, 0) is 6.42 Å². The molecule has 2 aliphatic rings. The summed E-state index contributed by atoms with van der Waals surface area (Å²) in [7, 11) is 0. The van der Waals surface area contributed by atoms with Crippen LogP contribution in [0.25, 0.3) is 75.2 Å². The van der Waals surface area contributed by atoms with Gasteiger partial charge in [-0.05, 0) is 94.0 Å². The molecule has 0 spiro atoms. The third-order valence-corrected chi connectivity index (χ3v) is 15.0. The number of pyridine rings is 1. The van der Waals surface area contributed by atoms with Gasteiger partial charge in [-0.15, -0.1) is 22.7 Å². The third kappa shape index (κ3) is 5.44. The minimum absolute atomic E-state index is 0.376. The van der Waals surface area contributed by atoms with Crippen LogP contribution in [0, 0.1) is 5.92 Å². The van der Waals surface area contributed by atoms with Crippen molar-refractivity contribution < 1.29 is 0 Å². The molecule has 2 aliphatic carbocycles. The standard InChI is InChI=1S/C53H41NS2/c1-3-33-30-44-35(23-27-38(33)34-12-5-4-6-13-34)21-22-36-25-29-46(54-52(36)44)45-31-37(39-16-11-19-49-50(39)42-14-7-9-17-47(42)55-49)24-28-40(45)41-26-20-32(2)53-51(41)43-15-8-10-18-48(43)56-53/h4-19,21-29,31-33,38H,3,20,30H2,1-2H3. The molecule has 3 atom stereocenters. The van der Waals surface area contributed by atoms with Gasteiger partial charge in [-0.25, -0.2) is 4.98 Å². The molecule has 1 nitrogen and oxygen atoms in total. The van der Waals surface area contributed by atoms with Crippen molar-refractivity contribution in [3.63, 3.8) is 0 Å². The van der Waals surface area contributed by atoms with Crippen molar-refractivity contribution in [1.29, 1.82) is 0 Å². The van der Waals surface area contributed by atoms with Crippen molar-refractivity contribution in [2.24, 2.45) is 5.92 Å². The molecule has 11 rings (SSSR count). The molecule has 56 heavy (non-hydrogen) atoms. The molecule has 0 radical (unpaired) electrons. The van der Waals surface area contributed by atoms with E-state index in [1.165, 1.54) is 90.6 Å². The number of allylic oxidation sites excluding steroid dienone is 2. The molecule has 270 valence electrons. The van der Waals surface area contributed by atoms with Gasteiger partial charge in [0.05, 0.1) is 11.2 Å². The zero-order valence-corrected chi connectivity index (χ0v) is 33.3. The SMILES string of the molecule is CCC1Cc2c(ccc3ccc(-c4cc(-c5cccc6sc7ccccc7c56)ccc4C4=CCC(C)c5sc6ccccc6c54)nc23)C=CC1c1ccccc1. The van der Waals surface area contributed by atoms with Gasteiger partial charge in [-0.3, -0.25) is 0 Å². The van der Waals surface area contributed by atoms with Crippen LogP contribution in [-0.4, -0.2) is 4.98 Å². The van der Waals surface area contributed by atoms with Gasteiger partial charge in [0.1, 0.15) is 0 Å². The number of hydrogen-bond acceptors (Lipinski definition) is 3. The smallest absolute Gasteiger partial charge is 0.0747 e. The Morgan fingerprint density at radius 2 is 1.45 bits per heavy atom. The van der Waals surface area contributed by atoms with Gasteiger partial charge in [0.25, 0.3) is 0 Å². The number of rotatable bonds is 5. The van der Waals surface area contributed by atoms with Crippen molar-refractivity contribution in [2.45, 2.75) is 44.9 Å². The maximum absolute atomic E-state index is 5.72. The number of nitrogens with zero attached hydrogens (tertiary/aromatic N) is 1. The van der Waals surface area contributed by atoms with Crippen LogP contribution in [0.15, 0.2) is 152 Å². The lowest BCUT2D eigenvalue weighted by Crippen LogP contribution is -2.13. The fourth-order valence-corrected chi connectivity index (χ4v) is 12.0. The summed E-state index contributed by atoms with van der Waals surface area (Å²) >= 11 is 3.85. The fourth-order valence-electron chi connectivity index (χ4n) is 9.61. The Morgan fingerprint density at radius 3 is 2.30 bits per heavy atom. The van der Waals surface area contributed by atoms with Gasteiger partial charge in [0, 0.05) is 57.6 Å². The first-order valence-corrected chi connectivity index (χ1v) is 21.7. The number of benzene rings is 6. The third-order valence-electron chi connectivity index (χ3n) is 12.5. The molecule has 0 aliphatic heterocycles. The predicted molar refractivity (Wildman–Crippen MR) is 243 cm³/mol. The predicted octanol–water partition coefficient (Wildman–Crippen LogP) is 15.5. The first-order chi connectivity index (χ1) is 27.6. The fraction of sp³-hybridized carbons (Fsp3) is 0.151. The summed E-state index contributed by atoms with van der Waals surface area (Å²) in [6.45, 7) is 4.73. The Labute approximate surface area is 336 Å². The van der Waals surface area contributed by atoms with Crippen LogP contribution in [0.3, 0.4) is 0 Å². The normalized spacial score (nSPS) is 18.0. The van der Waals surface area contributed by atoms with Crippen molar-refractivity contribution in [3.8, 4) is 22.4 Å². The second-order valence-electron chi connectivity index (χ2n) is 15.7. The maximum atomic E-state index is 5.72. The molecule has 0 bridgehead atoms. The lowest BCUT2D eigenvalue weighted by molar-refractivity contribution is 0.463. The highest BCUT2D eigenvalue weighted by molar-refractivity contribution is 7.26. The Bertz CT molecular complexity index is 3050. The largest absolute Gasteiger partial charge is 0.247 e. The van der Waals surface area contributed by atoms with E-state index in [2.05, 4.69) is 172 Å². The molecular weight excluding hydrogens is 715 g/mol. The molecule has 3 aromatic heterocycles. The van der Waals surface area contributed by atoms with E-state index in [-0.39, 0.29) is 0 Å². The molecule has 0 saturated carbocycles. The number of thiophene rings is 2. The Balaban J connectivity index is 1.13. The molecule has 3 heterocycles. The lowest BCUT2D eigenvalue weighted by Gasteiger charge is -2.24. The highest BCUT2D eigenvalue weighted by Gasteiger charge is 2.28. The summed E-state index contributed by atoms with van der Waals surface area (Å²) in [5.41, 5.74) is 13.9. The van der Waals surface area contributed by atoms with E-state index in [4.69, 9.17) is 4.98 Å². The van der Waals surface area contributed by atoms with Gasteiger partial charge < -0.3 is 0 Å². The van der Waals surface area contributed by atoms with Crippen LogP contribution < -0.4 is 0 Å². The van der Waals surface area contributed by atoms with Crippen LogP contribution >= 0.6 is 22.7 Å². The van der Waals surface area contributed by atoms with E-state index in [0.29, 0.717) is 17.8 Å². The molecule has 6 aromatic carbocycles. The average Bonchev–Trinajstić information content (AvgIpc) is 3.77. The number of hydrogen-bond donors (Lipinski definition) is 0. The summed E-state index contributed by atoms with van der Waals surface area (Å²) in [6.07, 6.45) is 10.5. The molecule has 0 fully saturated rings. The topological polar surface area (TPSA) is 12.9 Å². The zero-order chi connectivity index (χ0) is 37.3. The summed E-state index contributed by atoms with van der Waals surface area (Å²) in [5, 5.41) is 5.23. The summed E-state index contributed by atoms with van der Waals surface area (Å²) in [5.74, 6) is 1.36. The Morgan fingerprint density at radius 1 is 0.679 bits per heavy atom. The molecule has 9 aromatic rings. The molecule has 3 unspecified atom stereocenters. The first-order valence-electron chi connectivity index (χ1n) is 20.1. The minimum atomic E-state index is 0.376. The van der Waals surface area contributed by atoms with E-state index >= 15 is 0 Å². The van der Waals surface area contributed by atoms with Gasteiger partial charge in [-0.2, -0.15) is 0 Å². The summed E-state index contributed by atoms with van der Waals surface area (Å²) in [4.78, 5) is 7.22. The molecule has 0 amide bonds. The summed E-state index contributed by atoms with van der Waals surface area (Å²) in [6, 6.07) is 52.0. The highest BCUT2D eigenvalue weighted by Crippen LogP contribution is 2.49. The van der Waals surface area contributed by atoms with Crippen molar-refractivity contribution in [2.75, 3.05) is 0 Å². The Kier molecular flexibility index (Phi) is 8.15. The molecule has 3 heteroatoms. The second kappa shape index (κ2) is 13.5. The van der Waals surface area contributed by atoms with E-state index < -0.39 is 0 Å². The lowest BCUT2D eigenvalue weighted by atomic mass is 9.81. The van der Waals surface area contributed by atoms with Crippen molar-refractivity contribution >= 4 is 75.5 Å². The van der Waals surface area contributed by atoms with Gasteiger partial charge in [0.2, 0.25) is 0 Å². The highest BCUT2D eigenvalue weighted by atomic mass is 32.1. The van der Waals surface area contributed by atoms with Crippen LogP contribution in [0.5, 0.6) is 0 Å². The minimum Gasteiger partial charge on any atom is -0.247 e. The molecular formula is C53H41NS2. The number of fused-ring (bicyclic) bond motifs is 9.